The van der Waals surface area contributed by atoms with Crippen LogP contribution < -0.4 is 10.6 Å². The summed E-state index contributed by atoms with van der Waals surface area (Å²) in [6.07, 6.45) is 2.94. The molecule has 112 valence electrons. The van der Waals surface area contributed by atoms with Gasteiger partial charge in [0.05, 0.1) is 16.3 Å². The van der Waals surface area contributed by atoms with E-state index in [0.717, 1.165) is 31.7 Å². The zero-order valence-corrected chi connectivity index (χ0v) is 12.9. The minimum Gasteiger partial charge on any atom is -0.384 e. The van der Waals surface area contributed by atoms with Crippen LogP contribution in [0.4, 0.5) is 5.69 Å². The Balaban J connectivity index is 2.00. The lowest BCUT2D eigenvalue weighted by Crippen LogP contribution is -2.14. The summed E-state index contributed by atoms with van der Waals surface area (Å²) in [5, 5.41) is 6.65. The van der Waals surface area contributed by atoms with Gasteiger partial charge in [0.25, 0.3) is 0 Å². The van der Waals surface area contributed by atoms with E-state index in [2.05, 4.69) is 10.6 Å². The second kappa shape index (κ2) is 7.09. The smallest absolute Gasteiger partial charge is 0.180 e. The second-order valence-electron chi connectivity index (χ2n) is 5.39. The quantitative estimate of drug-likeness (QED) is 0.810. The number of rotatable bonds is 7. The zero-order chi connectivity index (χ0) is 14.4. The Morgan fingerprint density at radius 3 is 2.85 bits per heavy atom. The van der Waals surface area contributed by atoms with Crippen LogP contribution in [0.25, 0.3) is 0 Å². The van der Waals surface area contributed by atoms with E-state index in [4.69, 9.17) is 0 Å². The molecule has 0 aliphatic carbocycles. The Bertz CT molecular complexity index is 522. The van der Waals surface area contributed by atoms with Gasteiger partial charge >= 0.3 is 0 Å². The Labute approximate surface area is 121 Å². The fourth-order valence-corrected chi connectivity index (χ4v) is 4.15. The van der Waals surface area contributed by atoms with Crippen molar-refractivity contribution in [2.24, 2.45) is 5.92 Å². The standard InChI is InChI=1S/C15H24N2O2S/c1-2-11-20(18,19)15-6-4-3-5-14(15)17-10-8-13-7-9-16-12-13/h3-6,13,16-17H,2,7-12H2,1H3. The maximum atomic E-state index is 12.2. The average molecular weight is 296 g/mol. The molecule has 1 fully saturated rings. The predicted octanol–water partition coefficient (Wildman–Crippen LogP) is 2.28. The van der Waals surface area contributed by atoms with Gasteiger partial charge in [-0.25, -0.2) is 8.42 Å². The minimum absolute atomic E-state index is 0.207. The normalized spacial score (nSPS) is 19.1. The molecular weight excluding hydrogens is 272 g/mol. The maximum absolute atomic E-state index is 12.2. The Hall–Kier alpha value is -1.07. The highest BCUT2D eigenvalue weighted by Crippen LogP contribution is 2.23. The lowest BCUT2D eigenvalue weighted by atomic mass is 10.1. The molecule has 20 heavy (non-hydrogen) atoms. The molecule has 1 aromatic rings. The number of anilines is 1. The van der Waals surface area contributed by atoms with E-state index in [-0.39, 0.29) is 5.75 Å². The summed E-state index contributed by atoms with van der Waals surface area (Å²) >= 11 is 0. The van der Waals surface area contributed by atoms with Crippen LogP contribution in [0.5, 0.6) is 0 Å². The number of benzene rings is 1. The molecule has 0 amide bonds. The van der Waals surface area contributed by atoms with E-state index in [1.165, 1.54) is 6.42 Å². The molecule has 2 rings (SSSR count). The van der Waals surface area contributed by atoms with Gasteiger partial charge in [0, 0.05) is 6.54 Å². The molecular formula is C15H24N2O2S. The number of hydrogen-bond acceptors (Lipinski definition) is 4. The second-order valence-corrected chi connectivity index (χ2v) is 7.47. The van der Waals surface area contributed by atoms with E-state index >= 15 is 0 Å². The van der Waals surface area contributed by atoms with E-state index in [0.29, 0.717) is 17.2 Å². The third-order valence-electron chi connectivity index (χ3n) is 3.73. The molecule has 0 aromatic heterocycles. The summed E-state index contributed by atoms with van der Waals surface area (Å²) in [4.78, 5) is 0.436. The van der Waals surface area contributed by atoms with Gasteiger partial charge < -0.3 is 10.6 Å². The van der Waals surface area contributed by atoms with Crippen LogP contribution in [0.1, 0.15) is 26.2 Å². The summed E-state index contributed by atoms with van der Waals surface area (Å²) in [6, 6.07) is 7.22. The van der Waals surface area contributed by atoms with Gasteiger partial charge in [-0.1, -0.05) is 19.1 Å². The number of nitrogens with one attached hydrogen (secondary N) is 2. The highest BCUT2D eigenvalue weighted by atomic mass is 32.2. The van der Waals surface area contributed by atoms with Crippen LogP contribution in [-0.4, -0.2) is 33.8 Å². The SMILES string of the molecule is CCCS(=O)(=O)c1ccccc1NCCC1CCNC1. The van der Waals surface area contributed by atoms with Crippen molar-refractivity contribution in [3.05, 3.63) is 24.3 Å². The van der Waals surface area contributed by atoms with Gasteiger partial charge in [-0.05, 0) is 50.4 Å². The highest BCUT2D eigenvalue weighted by molar-refractivity contribution is 7.91. The molecule has 1 aliphatic heterocycles. The van der Waals surface area contributed by atoms with Crippen LogP contribution in [0.15, 0.2) is 29.2 Å². The summed E-state index contributed by atoms with van der Waals surface area (Å²) in [7, 11) is -3.17. The lowest BCUT2D eigenvalue weighted by molar-refractivity contribution is 0.549. The third-order valence-corrected chi connectivity index (χ3v) is 5.70. The monoisotopic (exact) mass is 296 g/mol. The molecule has 1 aromatic carbocycles. The lowest BCUT2D eigenvalue weighted by Gasteiger charge is -2.14. The summed E-state index contributed by atoms with van der Waals surface area (Å²) in [5.41, 5.74) is 0.743. The van der Waals surface area contributed by atoms with Crippen LogP contribution in [0.3, 0.4) is 0 Å². The van der Waals surface area contributed by atoms with Gasteiger partial charge in [-0.2, -0.15) is 0 Å². The first kappa shape index (κ1) is 15.3. The fraction of sp³-hybridized carbons (Fsp3) is 0.600. The van der Waals surface area contributed by atoms with Crippen LogP contribution in [0.2, 0.25) is 0 Å². The molecule has 0 spiro atoms. The number of para-hydroxylation sites is 1. The zero-order valence-electron chi connectivity index (χ0n) is 12.1. The first-order chi connectivity index (χ1) is 9.63. The van der Waals surface area contributed by atoms with Crippen LogP contribution in [-0.2, 0) is 9.84 Å². The molecule has 0 saturated carbocycles. The van der Waals surface area contributed by atoms with Crippen molar-refractivity contribution in [2.45, 2.75) is 31.1 Å². The number of sulfone groups is 1. The first-order valence-electron chi connectivity index (χ1n) is 7.40. The molecule has 1 saturated heterocycles. The predicted molar refractivity (Wildman–Crippen MR) is 82.9 cm³/mol. The molecule has 1 atom stereocenters. The Morgan fingerprint density at radius 1 is 1.35 bits per heavy atom. The van der Waals surface area contributed by atoms with Crippen molar-refractivity contribution in [3.8, 4) is 0 Å². The topological polar surface area (TPSA) is 58.2 Å². The Kier molecular flexibility index (Phi) is 5.43. The van der Waals surface area contributed by atoms with Crippen molar-refractivity contribution in [2.75, 3.05) is 30.7 Å². The van der Waals surface area contributed by atoms with Gasteiger partial charge in [0.1, 0.15) is 0 Å². The van der Waals surface area contributed by atoms with Gasteiger partial charge in [0.2, 0.25) is 0 Å². The molecule has 0 bridgehead atoms. The molecule has 2 N–H and O–H groups in total. The summed E-state index contributed by atoms with van der Waals surface area (Å²) in [5.74, 6) is 0.917. The molecule has 1 aliphatic rings. The first-order valence-corrected chi connectivity index (χ1v) is 9.05. The molecule has 4 nitrogen and oxygen atoms in total. The molecule has 5 heteroatoms. The van der Waals surface area contributed by atoms with Crippen molar-refractivity contribution < 1.29 is 8.42 Å². The molecule has 1 heterocycles. The van der Waals surface area contributed by atoms with E-state index in [1.54, 1.807) is 12.1 Å². The van der Waals surface area contributed by atoms with E-state index in [9.17, 15) is 8.42 Å². The van der Waals surface area contributed by atoms with Crippen molar-refractivity contribution in [3.63, 3.8) is 0 Å². The molecule has 0 radical (unpaired) electrons. The fourth-order valence-electron chi connectivity index (χ4n) is 2.63. The maximum Gasteiger partial charge on any atom is 0.180 e. The van der Waals surface area contributed by atoms with Gasteiger partial charge in [0.15, 0.2) is 9.84 Å². The van der Waals surface area contributed by atoms with Crippen LogP contribution in [0, 0.1) is 5.92 Å². The number of hydrogen-bond donors (Lipinski definition) is 2. The van der Waals surface area contributed by atoms with Crippen LogP contribution >= 0.6 is 0 Å². The van der Waals surface area contributed by atoms with E-state index in [1.807, 2.05) is 19.1 Å². The average Bonchev–Trinajstić information content (AvgIpc) is 2.92. The van der Waals surface area contributed by atoms with Crippen molar-refractivity contribution in [1.82, 2.24) is 5.32 Å². The summed E-state index contributed by atoms with van der Waals surface area (Å²) in [6.45, 7) is 4.90. The molecule has 1 unspecified atom stereocenters. The van der Waals surface area contributed by atoms with E-state index < -0.39 is 9.84 Å². The summed E-state index contributed by atoms with van der Waals surface area (Å²) < 4.78 is 24.4. The third kappa shape index (κ3) is 3.96. The highest BCUT2D eigenvalue weighted by Gasteiger charge is 2.18. The minimum atomic E-state index is -3.17. The Morgan fingerprint density at radius 2 is 2.15 bits per heavy atom. The van der Waals surface area contributed by atoms with Crippen molar-refractivity contribution >= 4 is 15.5 Å². The largest absolute Gasteiger partial charge is 0.384 e. The van der Waals surface area contributed by atoms with Gasteiger partial charge in [-0.15, -0.1) is 0 Å². The van der Waals surface area contributed by atoms with Crippen molar-refractivity contribution in [1.29, 1.82) is 0 Å². The van der Waals surface area contributed by atoms with Gasteiger partial charge in [-0.3, -0.25) is 0 Å².